The molecule has 1 atom stereocenters. The van der Waals surface area contributed by atoms with E-state index in [1.54, 1.807) is 11.3 Å². The van der Waals surface area contributed by atoms with E-state index in [0.29, 0.717) is 6.42 Å². The Labute approximate surface area is 119 Å². The zero-order valence-corrected chi connectivity index (χ0v) is 12.8. The highest BCUT2D eigenvalue weighted by atomic mass is 32.1. The van der Waals surface area contributed by atoms with Crippen molar-refractivity contribution in [2.75, 3.05) is 20.6 Å². The number of aromatic nitrogens is 1. The normalized spacial score (nSPS) is 18.2. The molecule has 106 valence electrons. The molecule has 19 heavy (non-hydrogen) atoms. The van der Waals surface area contributed by atoms with Crippen LogP contribution in [0.1, 0.15) is 47.3 Å². The third kappa shape index (κ3) is 3.34. The number of carbonyl (C=O) groups excluding carboxylic acids is 1. The van der Waals surface area contributed by atoms with Gasteiger partial charge in [0, 0.05) is 13.5 Å². The molecule has 1 heterocycles. The van der Waals surface area contributed by atoms with Crippen LogP contribution in [-0.4, -0.2) is 36.4 Å². The van der Waals surface area contributed by atoms with Crippen molar-refractivity contribution in [2.24, 2.45) is 0 Å². The molecule has 0 aromatic carbocycles. The van der Waals surface area contributed by atoms with Crippen LogP contribution < -0.4 is 5.32 Å². The highest BCUT2D eigenvalue weighted by molar-refractivity contribution is 7.11. The van der Waals surface area contributed by atoms with Crippen LogP contribution in [-0.2, 0) is 11.2 Å². The van der Waals surface area contributed by atoms with Crippen molar-refractivity contribution in [1.29, 1.82) is 0 Å². The lowest BCUT2D eigenvalue weighted by Crippen LogP contribution is -2.33. The number of nitrogens with one attached hydrogen (secondary N) is 1. The van der Waals surface area contributed by atoms with Crippen molar-refractivity contribution < 1.29 is 4.79 Å². The summed E-state index contributed by atoms with van der Waals surface area (Å²) in [5, 5.41) is 4.20. The Morgan fingerprint density at radius 2 is 2.37 bits per heavy atom. The SMILES string of the molecule is CNCCCC(=O)N(C)C1CCCc2nc(C)sc21. The van der Waals surface area contributed by atoms with E-state index < -0.39 is 0 Å². The quantitative estimate of drug-likeness (QED) is 0.842. The molecule has 1 aliphatic rings. The third-order valence-electron chi connectivity index (χ3n) is 3.71. The summed E-state index contributed by atoms with van der Waals surface area (Å²) in [7, 11) is 3.86. The molecule has 0 radical (unpaired) electrons. The van der Waals surface area contributed by atoms with Crippen molar-refractivity contribution in [3.05, 3.63) is 15.6 Å². The Kier molecular flexibility index (Phi) is 4.93. The number of thiazole rings is 1. The average molecular weight is 281 g/mol. The zero-order valence-electron chi connectivity index (χ0n) is 12.0. The van der Waals surface area contributed by atoms with Crippen molar-refractivity contribution in [3.63, 3.8) is 0 Å². The Bertz CT molecular complexity index is 444. The standard InChI is InChI=1S/C14H23N3OS/c1-10-16-11-6-4-7-12(14(11)19-10)17(3)13(18)8-5-9-15-2/h12,15H,4-9H2,1-3H3. The van der Waals surface area contributed by atoms with E-state index in [9.17, 15) is 4.79 Å². The molecule has 5 heteroatoms. The van der Waals surface area contributed by atoms with Gasteiger partial charge in [-0.2, -0.15) is 0 Å². The first-order valence-corrected chi connectivity index (χ1v) is 7.81. The predicted octanol–water partition coefficient (Wildman–Crippen LogP) is 2.29. The van der Waals surface area contributed by atoms with Crippen LogP contribution in [0.2, 0.25) is 0 Å². The van der Waals surface area contributed by atoms with Crippen molar-refractivity contribution in [1.82, 2.24) is 15.2 Å². The molecule has 1 unspecified atom stereocenters. The first kappa shape index (κ1) is 14.5. The van der Waals surface area contributed by atoms with Gasteiger partial charge in [-0.1, -0.05) is 0 Å². The van der Waals surface area contributed by atoms with E-state index in [0.717, 1.165) is 37.2 Å². The fraction of sp³-hybridized carbons (Fsp3) is 0.714. The van der Waals surface area contributed by atoms with Crippen molar-refractivity contribution in [2.45, 2.75) is 45.1 Å². The minimum atomic E-state index is 0.247. The molecule has 4 nitrogen and oxygen atoms in total. The molecule has 1 aliphatic carbocycles. The number of hydrogen-bond donors (Lipinski definition) is 1. The number of carbonyl (C=O) groups is 1. The van der Waals surface area contributed by atoms with Crippen molar-refractivity contribution in [3.8, 4) is 0 Å². The fourth-order valence-corrected chi connectivity index (χ4v) is 3.81. The summed E-state index contributed by atoms with van der Waals surface area (Å²) in [5.74, 6) is 0.249. The van der Waals surface area contributed by atoms with Gasteiger partial charge in [0.05, 0.1) is 21.6 Å². The van der Waals surface area contributed by atoms with Gasteiger partial charge in [0.15, 0.2) is 0 Å². The maximum Gasteiger partial charge on any atom is 0.222 e. The van der Waals surface area contributed by atoms with Crippen LogP contribution in [0.5, 0.6) is 0 Å². The summed E-state index contributed by atoms with van der Waals surface area (Å²) in [6, 6.07) is 0.247. The van der Waals surface area contributed by atoms with Gasteiger partial charge in [-0.15, -0.1) is 11.3 Å². The Hall–Kier alpha value is -0.940. The smallest absolute Gasteiger partial charge is 0.222 e. The van der Waals surface area contributed by atoms with Gasteiger partial charge < -0.3 is 10.2 Å². The van der Waals surface area contributed by atoms with Gasteiger partial charge in [0.2, 0.25) is 5.91 Å². The lowest BCUT2D eigenvalue weighted by Gasteiger charge is -2.30. The topological polar surface area (TPSA) is 45.2 Å². The number of amides is 1. The Morgan fingerprint density at radius 1 is 1.58 bits per heavy atom. The van der Waals surface area contributed by atoms with Crippen molar-refractivity contribution >= 4 is 17.2 Å². The van der Waals surface area contributed by atoms with E-state index in [1.165, 1.54) is 10.6 Å². The van der Waals surface area contributed by atoms with E-state index in [4.69, 9.17) is 0 Å². The molecule has 1 aromatic rings. The lowest BCUT2D eigenvalue weighted by atomic mass is 9.96. The molecule has 0 aliphatic heterocycles. The summed E-state index contributed by atoms with van der Waals surface area (Å²) in [6.45, 7) is 2.95. The number of aryl methyl sites for hydroxylation is 2. The van der Waals surface area contributed by atoms with E-state index in [-0.39, 0.29) is 11.9 Å². The predicted molar refractivity (Wildman–Crippen MR) is 78.5 cm³/mol. The Morgan fingerprint density at radius 3 is 3.11 bits per heavy atom. The van der Waals surface area contributed by atoms with Gasteiger partial charge >= 0.3 is 0 Å². The molecule has 0 bridgehead atoms. The van der Waals surface area contributed by atoms with Gasteiger partial charge in [-0.25, -0.2) is 4.98 Å². The number of nitrogens with zero attached hydrogens (tertiary/aromatic N) is 2. The number of fused-ring (bicyclic) bond motifs is 1. The summed E-state index contributed by atoms with van der Waals surface area (Å²) >= 11 is 1.76. The second kappa shape index (κ2) is 6.48. The Balaban J connectivity index is 2.03. The van der Waals surface area contributed by atoms with E-state index >= 15 is 0 Å². The first-order chi connectivity index (χ1) is 9.13. The minimum absolute atomic E-state index is 0.247. The second-order valence-electron chi connectivity index (χ2n) is 5.16. The number of rotatable bonds is 5. The molecule has 1 amide bonds. The summed E-state index contributed by atoms with van der Waals surface area (Å²) in [6.07, 6.45) is 4.80. The maximum absolute atomic E-state index is 12.2. The molecular formula is C14H23N3OS. The van der Waals surface area contributed by atoms with Crippen LogP contribution in [0.25, 0.3) is 0 Å². The van der Waals surface area contributed by atoms with Gasteiger partial charge in [0.1, 0.15) is 0 Å². The summed E-state index contributed by atoms with van der Waals surface area (Å²) in [5.41, 5.74) is 1.22. The zero-order chi connectivity index (χ0) is 13.8. The van der Waals surface area contributed by atoms with Crippen LogP contribution in [0, 0.1) is 6.92 Å². The maximum atomic E-state index is 12.2. The highest BCUT2D eigenvalue weighted by Gasteiger charge is 2.29. The molecule has 1 N–H and O–H groups in total. The van der Waals surface area contributed by atoms with Crippen LogP contribution >= 0.6 is 11.3 Å². The first-order valence-electron chi connectivity index (χ1n) is 7.00. The third-order valence-corrected chi connectivity index (χ3v) is 4.82. The number of hydrogen-bond acceptors (Lipinski definition) is 4. The molecule has 0 fully saturated rings. The van der Waals surface area contributed by atoms with Crippen LogP contribution in [0.3, 0.4) is 0 Å². The van der Waals surface area contributed by atoms with E-state index in [1.807, 2.05) is 19.0 Å². The second-order valence-corrected chi connectivity index (χ2v) is 6.40. The largest absolute Gasteiger partial charge is 0.338 e. The summed E-state index contributed by atoms with van der Waals surface area (Å²) in [4.78, 5) is 20.1. The van der Waals surface area contributed by atoms with Gasteiger partial charge in [-0.05, 0) is 46.2 Å². The van der Waals surface area contributed by atoms with E-state index in [2.05, 4.69) is 17.2 Å². The van der Waals surface area contributed by atoms with Gasteiger partial charge in [0.25, 0.3) is 0 Å². The lowest BCUT2D eigenvalue weighted by molar-refractivity contribution is -0.132. The molecule has 1 aromatic heterocycles. The van der Waals surface area contributed by atoms with Crippen LogP contribution in [0.15, 0.2) is 0 Å². The average Bonchev–Trinajstić information content (AvgIpc) is 2.78. The van der Waals surface area contributed by atoms with Gasteiger partial charge in [-0.3, -0.25) is 4.79 Å². The molecule has 0 saturated carbocycles. The fourth-order valence-electron chi connectivity index (χ4n) is 2.66. The molecule has 0 saturated heterocycles. The molecule has 2 rings (SSSR count). The summed E-state index contributed by atoms with van der Waals surface area (Å²) < 4.78 is 0. The minimum Gasteiger partial charge on any atom is -0.338 e. The molecular weight excluding hydrogens is 258 g/mol. The van der Waals surface area contributed by atoms with Crippen LogP contribution in [0.4, 0.5) is 0 Å². The molecule has 0 spiro atoms. The monoisotopic (exact) mass is 281 g/mol. The highest BCUT2D eigenvalue weighted by Crippen LogP contribution is 2.37.